The molecule has 0 fully saturated rings. The molecule has 0 bridgehead atoms. The van der Waals surface area contributed by atoms with Crippen LogP contribution in [0, 0.1) is 5.82 Å². The van der Waals surface area contributed by atoms with Gasteiger partial charge in [0.05, 0.1) is 6.61 Å². The van der Waals surface area contributed by atoms with Gasteiger partial charge in [-0.05, 0) is 18.6 Å². The fraction of sp³-hybridized carbons (Fsp3) is 0.364. The number of nitrogens with two attached hydrogens (primary N) is 1. The molecule has 0 saturated carbocycles. The number of halogens is 1. The summed E-state index contributed by atoms with van der Waals surface area (Å²) < 4.78 is 17.4. The zero-order valence-corrected chi connectivity index (χ0v) is 8.94. The highest BCUT2D eigenvalue weighted by atomic mass is 19.1. The van der Waals surface area contributed by atoms with E-state index in [0.29, 0.717) is 5.56 Å². The molecule has 5 heteroatoms. The second-order valence-corrected chi connectivity index (χ2v) is 3.34. The third-order valence-corrected chi connectivity index (χ3v) is 2.08. The van der Waals surface area contributed by atoms with Crippen molar-refractivity contribution in [3.8, 4) is 5.75 Å². The van der Waals surface area contributed by atoms with Crippen LogP contribution < -0.4 is 5.73 Å². The van der Waals surface area contributed by atoms with Crippen LogP contribution in [0.1, 0.15) is 12.5 Å². The minimum Gasteiger partial charge on any atom is -0.508 e. The maximum atomic E-state index is 12.7. The molecule has 0 saturated heterocycles. The standard InChI is InChI=1S/C11H14FNO3/c1-2-16-11(15)9(13)5-7-3-4-8(12)6-10(7)14/h3-4,6,9,14H,2,5,13H2,1H3. The highest BCUT2D eigenvalue weighted by Gasteiger charge is 2.16. The van der Waals surface area contributed by atoms with E-state index in [0.717, 1.165) is 6.07 Å². The second kappa shape index (κ2) is 5.46. The summed E-state index contributed by atoms with van der Waals surface area (Å²) in [7, 11) is 0. The van der Waals surface area contributed by atoms with Crippen molar-refractivity contribution in [2.75, 3.05) is 6.61 Å². The van der Waals surface area contributed by atoms with Gasteiger partial charge in [0.15, 0.2) is 0 Å². The predicted octanol–water partition coefficient (Wildman–Crippen LogP) is 0.964. The lowest BCUT2D eigenvalue weighted by atomic mass is 10.1. The Morgan fingerprint density at radius 3 is 2.88 bits per heavy atom. The Kier molecular flexibility index (Phi) is 4.25. The Bertz CT molecular complexity index is 381. The lowest BCUT2D eigenvalue weighted by molar-refractivity contribution is -0.144. The smallest absolute Gasteiger partial charge is 0.323 e. The highest BCUT2D eigenvalue weighted by molar-refractivity contribution is 5.76. The minimum absolute atomic E-state index is 0.116. The van der Waals surface area contributed by atoms with Crippen molar-refractivity contribution < 1.29 is 19.0 Å². The van der Waals surface area contributed by atoms with E-state index in [1.54, 1.807) is 6.92 Å². The van der Waals surface area contributed by atoms with Crippen molar-refractivity contribution in [3.63, 3.8) is 0 Å². The molecule has 0 radical (unpaired) electrons. The average Bonchev–Trinajstić information content (AvgIpc) is 2.22. The number of carbonyl (C=O) groups is 1. The number of aromatic hydroxyl groups is 1. The van der Waals surface area contributed by atoms with Crippen molar-refractivity contribution in [2.45, 2.75) is 19.4 Å². The van der Waals surface area contributed by atoms with Gasteiger partial charge in [-0.25, -0.2) is 4.39 Å². The fourth-order valence-corrected chi connectivity index (χ4v) is 1.28. The van der Waals surface area contributed by atoms with Crippen LogP contribution in [-0.4, -0.2) is 23.7 Å². The minimum atomic E-state index is -0.851. The maximum absolute atomic E-state index is 12.7. The molecule has 0 aliphatic carbocycles. The van der Waals surface area contributed by atoms with Gasteiger partial charge in [-0.2, -0.15) is 0 Å². The molecule has 16 heavy (non-hydrogen) atoms. The maximum Gasteiger partial charge on any atom is 0.323 e. The Morgan fingerprint density at radius 2 is 2.31 bits per heavy atom. The van der Waals surface area contributed by atoms with Crippen molar-refractivity contribution in [3.05, 3.63) is 29.6 Å². The van der Waals surface area contributed by atoms with E-state index in [9.17, 15) is 14.3 Å². The van der Waals surface area contributed by atoms with Gasteiger partial charge in [0.1, 0.15) is 17.6 Å². The highest BCUT2D eigenvalue weighted by Crippen LogP contribution is 2.19. The van der Waals surface area contributed by atoms with Gasteiger partial charge >= 0.3 is 5.97 Å². The van der Waals surface area contributed by atoms with Gasteiger partial charge in [0.25, 0.3) is 0 Å². The molecule has 1 atom stereocenters. The molecule has 1 unspecified atom stereocenters. The van der Waals surface area contributed by atoms with Gasteiger partial charge in [-0.15, -0.1) is 0 Å². The summed E-state index contributed by atoms with van der Waals surface area (Å²) in [4.78, 5) is 11.2. The van der Waals surface area contributed by atoms with Gasteiger partial charge in [0, 0.05) is 12.5 Å². The topological polar surface area (TPSA) is 72.5 Å². The van der Waals surface area contributed by atoms with Crippen molar-refractivity contribution >= 4 is 5.97 Å². The van der Waals surface area contributed by atoms with Crippen molar-refractivity contribution in [1.82, 2.24) is 0 Å². The number of hydrogen-bond acceptors (Lipinski definition) is 4. The molecule has 1 rings (SSSR count). The molecule has 4 nitrogen and oxygen atoms in total. The van der Waals surface area contributed by atoms with E-state index in [4.69, 9.17) is 10.5 Å². The molecule has 0 heterocycles. The van der Waals surface area contributed by atoms with Gasteiger partial charge in [0.2, 0.25) is 0 Å². The number of benzene rings is 1. The zero-order chi connectivity index (χ0) is 12.1. The summed E-state index contributed by atoms with van der Waals surface area (Å²) >= 11 is 0. The van der Waals surface area contributed by atoms with Crippen LogP contribution in [0.2, 0.25) is 0 Å². The SMILES string of the molecule is CCOC(=O)C(N)Cc1ccc(F)cc1O. The number of esters is 1. The first-order valence-corrected chi connectivity index (χ1v) is 4.94. The van der Waals surface area contributed by atoms with Crippen LogP contribution in [0.15, 0.2) is 18.2 Å². The zero-order valence-electron chi connectivity index (χ0n) is 8.94. The Morgan fingerprint density at radius 1 is 1.62 bits per heavy atom. The van der Waals surface area contributed by atoms with Crippen LogP contribution >= 0.6 is 0 Å². The molecule has 0 aromatic heterocycles. The fourth-order valence-electron chi connectivity index (χ4n) is 1.28. The molecular weight excluding hydrogens is 213 g/mol. The van der Waals surface area contributed by atoms with Crippen LogP contribution in [-0.2, 0) is 16.0 Å². The number of rotatable bonds is 4. The van der Waals surface area contributed by atoms with Crippen LogP contribution in [0.3, 0.4) is 0 Å². The van der Waals surface area contributed by atoms with E-state index < -0.39 is 17.8 Å². The van der Waals surface area contributed by atoms with Crippen molar-refractivity contribution in [2.24, 2.45) is 5.73 Å². The lowest BCUT2D eigenvalue weighted by Crippen LogP contribution is -2.34. The Balaban J connectivity index is 2.69. The summed E-state index contributed by atoms with van der Waals surface area (Å²) in [5.74, 6) is -1.28. The monoisotopic (exact) mass is 227 g/mol. The number of phenolic OH excluding ortho intramolecular Hbond substituents is 1. The molecule has 3 N–H and O–H groups in total. The normalized spacial score (nSPS) is 12.2. The largest absolute Gasteiger partial charge is 0.508 e. The molecule has 0 amide bonds. The van der Waals surface area contributed by atoms with Crippen LogP contribution in [0.5, 0.6) is 5.75 Å². The molecule has 0 aliphatic heterocycles. The first-order valence-electron chi connectivity index (χ1n) is 4.94. The van der Waals surface area contributed by atoms with Crippen molar-refractivity contribution in [1.29, 1.82) is 0 Å². The predicted molar refractivity (Wildman–Crippen MR) is 56.4 cm³/mol. The van der Waals surface area contributed by atoms with Crippen LogP contribution in [0.4, 0.5) is 4.39 Å². The van der Waals surface area contributed by atoms with E-state index in [-0.39, 0.29) is 18.8 Å². The third kappa shape index (κ3) is 3.20. The summed E-state index contributed by atoms with van der Waals surface area (Å²) in [6, 6.07) is 2.72. The average molecular weight is 227 g/mol. The second-order valence-electron chi connectivity index (χ2n) is 3.34. The first-order chi connectivity index (χ1) is 7.54. The third-order valence-electron chi connectivity index (χ3n) is 2.08. The molecule has 0 aliphatic rings. The molecule has 1 aromatic carbocycles. The van der Waals surface area contributed by atoms with E-state index >= 15 is 0 Å². The molecular formula is C11H14FNO3. The van der Waals surface area contributed by atoms with E-state index in [2.05, 4.69) is 0 Å². The molecule has 1 aromatic rings. The summed E-state index contributed by atoms with van der Waals surface area (Å²) in [6.45, 7) is 1.93. The quantitative estimate of drug-likeness (QED) is 0.751. The van der Waals surface area contributed by atoms with Gasteiger partial charge in [-0.3, -0.25) is 4.79 Å². The Hall–Kier alpha value is -1.62. The Labute approximate surface area is 92.8 Å². The first kappa shape index (κ1) is 12.4. The van der Waals surface area contributed by atoms with E-state index in [1.807, 2.05) is 0 Å². The summed E-state index contributed by atoms with van der Waals surface area (Å²) in [6.07, 6.45) is 0.116. The number of phenols is 1. The van der Waals surface area contributed by atoms with Gasteiger partial charge < -0.3 is 15.6 Å². The van der Waals surface area contributed by atoms with Gasteiger partial charge in [-0.1, -0.05) is 6.07 Å². The van der Waals surface area contributed by atoms with E-state index in [1.165, 1.54) is 12.1 Å². The number of hydrogen-bond donors (Lipinski definition) is 2. The molecule has 0 spiro atoms. The number of ether oxygens (including phenoxy) is 1. The lowest BCUT2D eigenvalue weighted by Gasteiger charge is -2.11. The summed E-state index contributed by atoms with van der Waals surface area (Å²) in [5, 5.41) is 9.40. The van der Waals surface area contributed by atoms with Crippen LogP contribution in [0.25, 0.3) is 0 Å². The molecule has 88 valence electrons. The summed E-state index contributed by atoms with van der Waals surface area (Å²) in [5.41, 5.74) is 5.98. The number of carbonyl (C=O) groups excluding carboxylic acids is 1.